The van der Waals surface area contributed by atoms with E-state index in [0.29, 0.717) is 17.9 Å². The van der Waals surface area contributed by atoms with Crippen LogP contribution in [0.5, 0.6) is 0 Å². The largest absolute Gasteiger partial charge is 0.375 e. The second-order valence-corrected chi connectivity index (χ2v) is 6.56. The minimum atomic E-state index is 0.254. The molecule has 0 aromatic carbocycles. The molecule has 0 amide bonds. The lowest BCUT2D eigenvalue weighted by atomic mass is 9.90. The third kappa shape index (κ3) is 3.52. The number of hydrogen-bond acceptors (Lipinski definition) is 5. The van der Waals surface area contributed by atoms with E-state index in [1.165, 1.54) is 6.42 Å². The summed E-state index contributed by atoms with van der Waals surface area (Å²) < 4.78 is 5.89. The van der Waals surface area contributed by atoms with Gasteiger partial charge in [-0.25, -0.2) is 0 Å². The maximum Gasteiger partial charge on any atom is 0.123 e. The van der Waals surface area contributed by atoms with Crippen LogP contribution in [0.1, 0.15) is 50.0 Å². The fourth-order valence-corrected chi connectivity index (χ4v) is 3.84. The first-order valence-electron chi connectivity index (χ1n) is 7.32. The van der Waals surface area contributed by atoms with Gasteiger partial charge in [0.15, 0.2) is 0 Å². The molecule has 1 aromatic heterocycles. The van der Waals surface area contributed by atoms with Crippen molar-refractivity contribution >= 4 is 11.3 Å². The van der Waals surface area contributed by atoms with Crippen molar-refractivity contribution in [2.24, 2.45) is 5.92 Å². The van der Waals surface area contributed by atoms with Gasteiger partial charge in [0.2, 0.25) is 0 Å². The standard InChI is InChI=1S/C14H25N3OS/c1-5-7-15-8-6-12-16-17-14(19-12)13-9(2)10(3)18-11(13)4/h9-11,13,15H,5-8H2,1-4H3. The summed E-state index contributed by atoms with van der Waals surface area (Å²) in [5.74, 6) is 0.930. The Morgan fingerprint density at radius 2 is 1.95 bits per heavy atom. The minimum Gasteiger partial charge on any atom is -0.375 e. The van der Waals surface area contributed by atoms with Crippen molar-refractivity contribution in [1.29, 1.82) is 0 Å². The molecule has 1 aliphatic heterocycles. The van der Waals surface area contributed by atoms with Gasteiger partial charge in [0, 0.05) is 18.9 Å². The Balaban J connectivity index is 1.93. The van der Waals surface area contributed by atoms with Gasteiger partial charge in [-0.2, -0.15) is 0 Å². The highest BCUT2D eigenvalue weighted by Gasteiger charge is 2.39. The van der Waals surface area contributed by atoms with Crippen LogP contribution in [0.4, 0.5) is 0 Å². The third-order valence-electron chi connectivity index (χ3n) is 3.95. The smallest absolute Gasteiger partial charge is 0.123 e. The zero-order valence-corrected chi connectivity index (χ0v) is 13.2. The second-order valence-electron chi connectivity index (χ2n) is 5.47. The van der Waals surface area contributed by atoms with Gasteiger partial charge in [-0.1, -0.05) is 13.8 Å². The van der Waals surface area contributed by atoms with Crippen LogP contribution in [0, 0.1) is 5.92 Å². The molecule has 1 fully saturated rings. The van der Waals surface area contributed by atoms with Crippen molar-refractivity contribution in [2.45, 2.75) is 58.7 Å². The predicted octanol–water partition coefficient (Wildman–Crippen LogP) is 2.61. The molecule has 1 aromatic rings. The SMILES string of the molecule is CCCNCCc1nnc(C2C(C)OC(C)C2C)s1. The van der Waals surface area contributed by atoms with E-state index < -0.39 is 0 Å². The van der Waals surface area contributed by atoms with Gasteiger partial charge in [0.05, 0.1) is 12.2 Å². The summed E-state index contributed by atoms with van der Waals surface area (Å²) in [4.78, 5) is 0. The predicted molar refractivity (Wildman–Crippen MR) is 78.7 cm³/mol. The summed E-state index contributed by atoms with van der Waals surface area (Å²) in [5.41, 5.74) is 0. The Kier molecular flexibility index (Phi) is 5.30. The Bertz CT molecular complexity index is 396. The van der Waals surface area contributed by atoms with E-state index in [0.717, 1.165) is 29.5 Å². The van der Waals surface area contributed by atoms with Gasteiger partial charge < -0.3 is 10.1 Å². The summed E-state index contributed by atoms with van der Waals surface area (Å²) >= 11 is 1.76. The lowest BCUT2D eigenvalue weighted by molar-refractivity contribution is 0.0556. The molecule has 1 saturated heterocycles. The van der Waals surface area contributed by atoms with Crippen molar-refractivity contribution in [3.8, 4) is 0 Å². The van der Waals surface area contributed by atoms with E-state index in [1.807, 2.05) is 0 Å². The van der Waals surface area contributed by atoms with E-state index in [2.05, 4.69) is 43.2 Å². The van der Waals surface area contributed by atoms with E-state index in [1.54, 1.807) is 11.3 Å². The van der Waals surface area contributed by atoms with Gasteiger partial charge >= 0.3 is 0 Å². The summed E-state index contributed by atoms with van der Waals surface area (Å²) in [6.45, 7) is 10.8. The van der Waals surface area contributed by atoms with Crippen LogP contribution in [-0.4, -0.2) is 35.5 Å². The fourth-order valence-electron chi connectivity index (χ4n) is 2.69. The van der Waals surface area contributed by atoms with Crippen LogP contribution in [0.2, 0.25) is 0 Å². The minimum absolute atomic E-state index is 0.254. The molecule has 0 aliphatic carbocycles. The van der Waals surface area contributed by atoms with Crippen molar-refractivity contribution in [3.63, 3.8) is 0 Å². The van der Waals surface area contributed by atoms with Gasteiger partial charge in [0.1, 0.15) is 10.0 Å². The Labute approximate surface area is 120 Å². The molecular formula is C14H25N3OS. The molecule has 108 valence electrons. The summed E-state index contributed by atoms with van der Waals surface area (Å²) in [6, 6.07) is 0. The molecule has 0 saturated carbocycles. The molecule has 2 rings (SSSR count). The van der Waals surface area contributed by atoms with Crippen LogP contribution >= 0.6 is 11.3 Å². The van der Waals surface area contributed by atoms with Crippen LogP contribution in [0.25, 0.3) is 0 Å². The monoisotopic (exact) mass is 283 g/mol. The van der Waals surface area contributed by atoms with Gasteiger partial charge in [-0.15, -0.1) is 21.5 Å². The van der Waals surface area contributed by atoms with Crippen LogP contribution in [0.15, 0.2) is 0 Å². The molecule has 4 nitrogen and oxygen atoms in total. The molecule has 1 N–H and O–H groups in total. The average Bonchev–Trinajstić information content (AvgIpc) is 2.91. The van der Waals surface area contributed by atoms with Crippen LogP contribution in [-0.2, 0) is 11.2 Å². The zero-order valence-electron chi connectivity index (χ0n) is 12.3. The first-order valence-corrected chi connectivity index (χ1v) is 8.13. The van der Waals surface area contributed by atoms with Gasteiger partial charge in [0.25, 0.3) is 0 Å². The van der Waals surface area contributed by atoms with Gasteiger partial charge in [-0.05, 0) is 32.7 Å². The molecule has 1 aliphatic rings. The lowest BCUT2D eigenvalue weighted by Gasteiger charge is -2.14. The molecule has 2 heterocycles. The van der Waals surface area contributed by atoms with Crippen LogP contribution in [0.3, 0.4) is 0 Å². The van der Waals surface area contributed by atoms with Crippen molar-refractivity contribution in [2.75, 3.05) is 13.1 Å². The first-order chi connectivity index (χ1) is 9.13. The maximum atomic E-state index is 5.89. The van der Waals surface area contributed by atoms with Crippen molar-refractivity contribution in [1.82, 2.24) is 15.5 Å². The fraction of sp³-hybridized carbons (Fsp3) is 0.857. The number of hydrogen-bond donors (Lipinski definition) is 1. The molecule has 4 unspecified atom stereocenters. The number of ether oxygens (including phenoxy) is 1. The molecule has 0 radical (unpaired) electrons. The summed E-state index contributed by atoms with van der Waals surface area (Å²) in [6.07, 6.45) is 2.72. The number of nitrogens with one attached hydrogen (secondary N) is 1. The highest BCUT2D eigenvalue weighted by atomic mass is 32.1. The number of aromatic nitrogens is 2. The Morgan fingerprint density at radius 1 is 1.16 bits per heavy atom. The first kappa shape index (κ1) is 14.9. The Morgan fingerprint density at radius 3 is 2.58 bits per heavy atom. The van der Waals surface area contributed by atoms with E-state index in [-0.39, 0.29) is 6.10 Å². The summed E-state index contributed by atoms with van der Waals surface area (Å²) in [7, 11) is 0. The van der Waals surface area contributed by atoms with E-state index >= 15 is 0 Å². The zero-order chi connectivity index (χ0) is 13.8. The second kappa shape index (κ2) is 6.77. The third-order valence-corrected chi connectivity index (χ3v) is 5.04. The quantitative estimate of drug-likeness (QED) is 0.815. The Hall–Kier alpha value is -0.520. The number of rotatable bonds is 6. The molecule has 0 spiro atoms. The van der Waals surface area contributed by atoms with E-state index in [9.17, 15) is 0 Å². The lowest BCUT2D eigenvalue weighted by Crippen LogP contribution is -2.17. The summed E-state index contributed by atoms with van der Waals surface area (Å²) in [5, 5.41) is 14.4. The molecule has 19 heavy (non-hydrogen) atoms. The average molecular weight is 283 g/mol. The van der Waals surface area contributed by atoms with Crippen LogP contribution < -0.4 is 5.32 Å². The maximum absolute atomic E-state index is 5.89. The van der Waals surface area contributed by atoms with Crippen molar-refractivity contribution < 1.29 is 4.74 Å². The topological polar surface area (TPSA) is 47.0 Å². The molecule has 4 atom stereocenters. The number of nitrogens with zero attached hydrogens (tertiary/aromatic N) is 2. The van der Waals surface area contributed by atoms with Gasteiger partial charge in [-0.3, -0.25) is 0 Å². The van der Waals surface area contributed by atoms with Crippen molar-refractivity contribution in [3.05, 3.63) is 10.0 Å². The highest BCUT2D eigenvalue weighted by molar-refractivity contribution is 7.11. The van der Waals surface area contributed by atoms with E-state index in [4.69, 9.17) is 4.74 Å². The normalized spacial score (nSPS) is 30.9. The molecule has 5 heteroatoms. The highest BCUT2D eigenvalue weighted by Crippen LogP contribution is 2.40. The molecular weight excluding hydrogens is 258 g/mol. The molecule has 0 bridgehead atoms.